The molecule has 0 bridgehead atoms. The number of hydrogen-bond donors (Lipinski definition) is 0. The van der Waals surface area contributed by atoms with Crippen LogP contribution in [-0.4, -0.2) is 57.7 Å². The number of benzene rings is 1. The lowest BCUT2D eigenvalue weighted by molar-refractivity contribution is -0.137. The Bertz CT molecular complexity index is 1120. The van der Waals surface area contributed by atoms with Crippen molar-refractivity contribution < 1.29 is 22.6 Å². The molecule has 0 N–H and O–H groups in total. The Balaban J connectivity index is 1.72. The number of ether oxygens (including phenoxy) is 2. The first-order valence-corrected chi connectivity index (χ1v) is 11.2. The molecular formula is C23H28F3N5O2. The molecule has 0 unspecified atom stereocenters. The number of aromatic nitrogens is 4. The van der Waals surface area contributed by atoms with Crippen LogP contribution in [0, 0.1) is 6.92 Å². The lowest BCUT2D eigenvalue weighted by atomic mass is 10.0. The number of imidazole rings is 1. The predicted molar refractivity (Wildman–Crippen MR) is 118 cm³/mol. The fourth-order valence-electron chi connectivity index (χ4n) is 4.32. The van der Waals surface area contributed by atoms with Crippen molar-refractivity contribution in [1.82, 2.24) is 24.6 Å². The van der Waals surface area contributed by atoms with E-state index < -0.39 is 11.7 Å². The van der Waals surface area contributed by atoms with Crippen LogP contribution in [0.4, 0.5) is 13.2 Å². The molecule has 4 rings (SSSR count). The maximum absolute atomic E-state index is 13.4. The number of hydrogen-bond acceptors (Lipinski definition) is 6. The van der Waals surface area contributed by atoms with Crippen LogP contribution in [0.5, 0.6) is 5.75 Å². The molecule has 33 heavy (non-hydrogen) atoms. The third kappa shape index (κ3) is 4.96. The molecule has 0 saturated carbocycles. The molecule has 1 aliphatic heterocycles. The van der Waals surface area contributed by atoms with Crippen LogP contribution >= 0.6 is 0 Å². The highest BCUT2D eigenvalue weighted by Crippen LogP contribution is 2.39. The molecule has 0 radical (unpaired) electrons. The highest BCUT2D eigenvalue weighted by atomic mass is 19.4. The minimum absolute atomic E-state index is 0.0507. The minimum Gasteiger partial charge on any atom is -0.467 e. The summed E-state index contributed by atoms with van der Waals surface area (Å²) in [5, 5.41) is 8.78. The largest absolute Gasteiger partial charge is 0.467 e. The molecule has 1 aromatic carbocycles. The van der Waals surface area contributed by atoms with E-state index in [4.69, 9.17) is 9.47 Å². The summed E-state index contributed by atoms with van der Waals surface area (Å²) >= 11 is 0. The van der Waals surface area contributed by atoms with Gasteiger partial charge in [0.2, 0.25) is 0 Å². The average Bonchev–Trinajstić information content (AvgIpc) is 3.21. The van der Waals surface area contributed by atoms with Gasteiger partial charge in [-0.2, -0.15) is 13.2 Å². The Labute approximate surface area is 190 Å². The number of likely N-dealkylation sites (N-methyl/N-ethyl adjacent to an activating group) is 1. The Morgan fingerprint density at radius 1 is 1.15 bits per heavy atom. The molecular weight excluding hydrogens is 435 g/mol. The normalized spacial score (nSPS) is 17.6. The first-order valence-electron chi connectivity index (χ1n) is 11.2. The van der Waals surface area contributed by atoms with E-state index in [9.17, 15) is 13.2 Å². The zero-order valence-electron chi connectivity index (χ0n) is 19.0. The summed E-state index contributed by atoms with van der Waals surface area (Å²) in [6, 6.07) is 4.09. The molecule has 3 heterocycles. The molecule has 0 spiro atoms. The van der Waals surface area contributed by atoms with E-state index >= 15 is 0 Å². The molecule has 3 aromatic rings. The number of rotatable bonds is 7. The van der Waals surface area contributed by atoms with Crippen LogP contribution in [0.1, 0.15) is 43.9 Å². The van der Waals surface area contributed by atoms with Crippen molar-refractivity contribution in [1.29, 1.82) is 0 Å². The number of aryl methyl sites for hydroxylation is 1. The summed E-state index contributed by atoms with van der Waals surface area (Å²) in [6.45, 7) is 8.77. The minimum atomic E-state index is -4.49. The second kappa shape index (κ2) is 9.64. The number of nitrogens with zero attached hydrogens (tertiary/aromatic N) is 5. The van der Waals surface area contributed by atoms with E-state index in [1.807, 2.05) is 0 Å². The third-order valence-corrected chi connectivity index (χ3v) is 6.03. The molecule has 1 fully saturated rings. The highest BCUT2D eigenvalue weighted by Gasteiger charge is 2.33. The van der Waals surface area contributed by atoms with Gasteiger partial charge >= 0.3 is 6.18 Å². The number of likely N-dealkylation sites (tertiary alicyclic amines) is 1. The Kier molecular flexibility index (Phi) is 6.85. The van der Waals surface area contributed by atoms with Gasteiger partial charge in [-0.25, -0.2) is 4.98 Å². The van der Waals surface area contributed by atoms with Gasteiger partial charge in [-0.05, 0) is 63.5 Å². The molecule has 1 saturated heterocycles. The summed E-state index contributed by atoms with van der Waals surface area (Å²) in [4.78, 5) is 6.92. The Morgan fingerprint density at radius 2 is 1.97 bits per heavy atom. The first kappa shape index (κ1) is 23.4. The number of alkyl halides is 3. The predicted octanol–water partition coefficient (Wildman–Crippen LogP) is 4.85. The summed E-state index contributed by atoms with van der Waals surface area (Å²) in [6.07, 6.45) is -0.569. The third-order valence-electron chi connectivity index (χ3n) is 6.03. The van der Waals surface area contributed by atoms with Gasteiger partial charge in [0.15, 0.2) is 12.4 Å². The number of piperidine rings is 1. The number of halogens is 3. The van der Waals surface area contributed by atoms with Gasteiger partial charge in [0.1, 0.15) is 11.3 Å². The van der Waals surface area contributed by atoms with Crippen LogP contribution < -0.4 is 4.74 Å². The van der Waals surface area contributed by atoms with Crippen molar-refractivity contribution in [3.63, 3.8) is 0 Å². The lowest BCUT2D eigenvalue weighted by Gasteiger charge is -2.32. The molecule has 10 heteroatoms. The first-order chi connectivity index (χ1) is 15.8. The fraction of sp³-hybridized carbons (Fsp3) is 0.522. The molecule has 0 aliphatic carbocycles. The monoisotopic (exact) mass is 463 g/mol. The standard InChI is InChI=1S/C23H28F3N5O2/c1-4-30-8-6-7-17(12-30)31-13-27-19-11-18(28-29-22(19)31)21-15(3)9-16(23(24,25)26)10-20(21)33-14-32-5-2/h9-11,13,17H,4-8,12,14H2,1-3H3/t17-/m1/s1. The van der Waals surface area contributed by atoms with Crippen molar-refractivity contribution in [2.75, 3.05) is 33.0 Å². The molecule has 178 valence electrons. The van der Waals surface area contributed by atoms with E-state index in [2.05, 4.69) is 31.6 Å². The van der Waals surface area contributed by atoms with E-state index in [1.165, 1.54) is 0 Å². The van der Waals surface area contributed by atoms with Crippen LogP contribution in [0.3, 0.4) is 0 Å². The van der Waals surface area contributed by atoms with Crippen LogP contribution in [0.15, 0.2) is 24.5 Å². The summed E-state index contributed by atoms with van der Waals surface area (Å²) < 4.78 is 53.0. The number of fused-ring (bicyclic) bond motifs is 1. The van der Waals surface area contributed by atoms with E-state index in [0.717, 1.165) is 44.6 Å². The van der Waals surface area contributed by atoms with Gasteiger partial charge in [-0.1, -0.05) is 6.92 Å². The van der Waals surface area contributed by atoms with Crippen LogP contribution in [-0.2, 0) is 10.9 Å². The Morgan fingerprint density at radius 3 is 2.70 bits per heavy atom. The maximum atomic E-state index is 13.4. The second-order valence-corrected chi connectivity index (χ2v) is 8.20. The fourth-order valence-corrected chi connectivity index (χ4v) is 4.32. The van der Waals surface area contributed by atoms with Crippen LogP contribution in [0.25, 0.3) is 22.4 Å². The smallest absolute Gasteiger partial charge is 0.416 e. The maximum Gasteiger partial charge on any atom is 0.416 e. The lowest BCUT2D eigenvalue weighted by Crippen LogP contribution is -2.36. The quantitative estimate of drug-likeness (QED) is 0.369. The Hall–Kier alpha value is -2.72. The van der Waals surface area contributed by atoms with Gasteiger partial charge < -0.3 is 18.9 Å². The molecule has 0 amide bonds. The van der Waals surface area contributed by atoms with Crippen molar-refractivity contribution in [3.05, 3.63) is 35.7 Å². The molecule has 2 aromatic heterocycles. The van der Waals surface area contributed by atoms with E-state index in [-0.39, 0.29) is 18.6 Å². The van der Waals surface area contributed by atoms with Gasteiger partial charge in [0.25, 0.3) is 0 Å². The highest BCUT2D eigenvalue weighted by molar-refractivity contribution is 5.79. The zero-order valence-corrected chi connectivity index (χ0v) is 19.0. The SMILES string of the molecule is CCOCOc1cc(C(F)(F)F)cc(C)c1-c1cc2ncn([C@@H]3CCCN(CC)C3)c2nn1. The van der Waals surface area contributed by atoms with Gasteiger partial charge in [0, 0.05) is 24.8 Å². The van der Waals surface area contributed by atoms with Gasteiger partial charge in [0.05, 0.1) is 17.6 Å². The van der Waals surface area contributed by atoms with Gasteiger partial charge in [-0.15, -0.1) is 10.2 Å². The van der Waals surface area contributed by atoms with Crippen molar-refractivity contribution >= 4 is 11.2 Å². The van der Waals surface area contributed by atoms with Gasteiger partial charge in [-0.3, -0.25) is 0 Å². The van der Waals surface area contributed by atoms with Crippen molar-refractivity contribution in [3.8, 4) is 17.0 Å². The topological polar surface area (TPSA) is 65.3 Å². The summed E-state index contributed by atoms with van der Waals surface area (Å²) in [5.41, 5.74) is 1.76. The summed E-state index contributed by atoms with van der Waals surface area (Å²) in [5.74, 6) is 0.0507. The zero-order chi connectivity index (χ0) is 23.6. The van der Waals surface area contributed by atoms with E-state index in [1.54, 1.807) is 26.2 Å². The molecule has 7 nitrogen and oxygen atoms in total. The van der Waals surface area contributed by atoms with Crippen molar-refractivity contribution in [2.24, 2.45) is 0 Å². The van der Waals surface area contributed by atoms with Crippen molar-refractivity contribution in [2.45, 2.75) is 45.8 Å². The summed E-state index contributed by atoms with van der Waals surface area (Å²) in [7, 11) is 0. The van der Waals surface area contributed by atoms with E-state index in [0.29, 0.717) is 34.6 Å². The molecule has 1 aliphatic rings. The van der Waals surface area contributed by atoms with Crippen LogP contribution in [0.2, 0.25) is 0 Å². The molecule has 1 atom stereocenters. The second-order valence-electron chi connectivity index (χ2n) is 8.20. The average molecular weight is 464 g/mol.